The average Bonchev–Trinajstić information content (AvgIpc) is 3.40. The Morgan fingerprint density at radius 1 is 1.38 bits per heavy atom. The predicted octanol–water partition coefficient (Wildman–Crippen LogP) is 1.66. The number of carbonyl (C=O) groups excluding carboxylic acids is 1. The number of aryl methyl sites for hydroxylation is 1. The maximum atomic E-state index is 11.8. The molecule has 7 heteroatoms. The lowest BCUT2D eigenvalue weighted by Crippen LogP contribution is -2.19. The van der Waals surface area contributed by atoms with E-state index in [1.54, 1.807) is 6.20 Å². The zero-order valence-electron chi connectivity index (χ0n) is 13.7. The van der Waals surface area contributed by atoms with Gasteiger partial charge in [-0.05, 0) is 37.9 Å². The first-order chi connectivity index (χ1) is 11.6. The standard InChI is InChI=1S/C17H22N6O/c1-2-13-14(10-3-4-10)23-17(15(22-13)16(19)24)21-12-6-8-20-11(9-12)5-7-18/h6,8-10H,2-5,7,18H2,1H3,(H2,19,24)(H,20,21,23). The third-order valence-corrected chi connectivity index (χ3v) is 4.01. The molecule has 0 atom stereocenters. The van der Waals surface area contributed by atoms with Crippen LogP contribution in [0, 0.1) is 0 Å². The molecular formula is C17H22N6O. The topological polar surface area (TPSA) is 120 Å². The second-order valence-corrected chi connectivity index (χ2v) is 5.94. The Hall–Kier alpha value is -2.54. The lowest BCUT2D eigenvalue weighted by atomic mass is 10.1. The van der Waals surface area contributed by atoms with E-state index in [9.17, 15) is 4.79 Å². The first kappa shape index (κ1) is 16.3. The Labute approximate surface area is 140 Å². The largest absolute Gasteiger partial charge is 0.364 e. The van der Waals surface area contributed by atoms with Crippen LogP contribution in [0.3, 0.4) is 0 Å². The number of primary amides is 1. The fraction of sp³-hybridized carbons (Fsp3) is 0.412. The number of hydrogen-bond acceptors (Lipinski definition) is 6. The molecule has 24 heavy (non-hydrogen) atoms. The van der Waals surface area contributed by atoms with Crippen molar-refractivity contribution in [2.45, 2.75) is 38.5 Å². The van der Waals surface area contributed by atoms with Gasteiger partial charge in [0.05, 0.1) is 11.4 Å². The van der Waals surface area contributed by atoms with E-state index in [2.05, 4.69) is 20.3 Å². The summed E-state index contributed by atoms with van der Waals surface area (Å²) in [6, 6.07) is 3.71. The van der Waals surface area contributed by atoms with Gasteiger partial charge in [-0.25, -0.2) is 9.97 Å². The van der Waals surface area contributed by atoms with Crippen molar-refractivity contribution in [3.63, 3.8) is 0 Å². The highest BCUT2D eigenvalue weighted by molar-refractivity contribution is 5.96. The van der Waals surface area contributed by atoms with Crippen LogP contribution in [-0.4, -0.2) is 27.4 Å². The molecule has 1 fully saturated rings. The maximum Gasteiger partial charge on any atom is 0.271 e. The van der Waals surface area contributed by atoms with Crippen molar-refractivity contribution < 1.29 is 4.79 Å². The molecule has 0 aliphatic heterocycles. The minimum absolute atomic E-state index is 0.174. The van der Waals surface area contributed by atoms with E-state index < -0.39 is 5.91 Å². The third kappa shape index (κ3) is 3.51. The van der Waals surface area contributed by atoms with Gasteiger partial charge in [0, 0.05) is 29.9 Å². The van der Waals surface area contributed by atoms with Crippen LogP contribution in [0.1, 0.15) is 53.3 Å². The van der Waals surface area contributed by atoms with Crippen molar-refractivity contribution in [1.82, 2.24) is 15.0 Å². The predicted molar refractivity (Wildman–Crippen MR) is 92.2 cm³/mol. The summed E-state index contributed by atoms with van der Waals surface area (Å²) in [5.74, 6) is 0.268. The summed E-state index contributed by atoms with van der Waals surface area (Å²) in [7, 11) is 0. The number of anilines is 2. The maximum absolute atomic E-state index is 11.8. The number of nitrogens with two attached hydrogens (primary N) is 2. The van der Waals surface area contributed by atoms with Crippen molar-refractivity contribution in [2.75, 3.05) is 11.9 Å². The Morgan fingerprint density at radius 2 is 2.17 bits per heavy atom. The van der Waals surface area contributed by atoms with Crippen molar-refractivity contribution in [1.29, 1.82) is 0 Å². The highest BCUT2D eigenvalue weighted by atomic mass is 16.1. The van der Waals surface area contributed by atoms with Crippen LogP contribution in [0.15, 0.2) is 18.3 Å². The summed E-state index contributed by atoms with van der Waals surface area (Å²) >= 11 is 0. The van der Waals surface area contributed by atoms with Gasteiger partial charge >= 0.3 is 0 Å². The monoisotopic (exact) mass is 326 g/mol. The van der Waals surface area contributed by atoms with E-state index >= 15 is 0 Å². The number of amides is 1. The van der Waals surface area contributed by atoms with Gasteiger partial charge in [0.15, 0.2) is 11.5 Å². The summed E-state index contributed by atoms with van der Waals surface area (Å²) in [5, 5.41) is 3.17. The highest BCUT2D eigenvalue weighted by Crippen LogP contribution is 2.41. The molecule has 0 radical (unpaired) electrons. The van der Waals surface area contributed by atoms with Crippen LogP contribution >= 0.6 is 0 Å². The third-order valence-electron chi connectivity index (χ3n) is 4.01. The second-order valence-electron chi connectivity index (χ2n) is 5.94. The van der Waals surface area contributed by atoms with Crippen LogP contribution in [0.5, 0.6) is 0 Å². The summed E-state index contributed by atoms with van der Waals surface area (Å²) in [4.78, 5) is 25.2. The zero-order chi connectivity index (χ0) is 17.1. The first-order valence-corrected chi connectivity index (χ1v) is 8.25. The molecular weight excluding hydrogens is 304 g/mol. The molecule has 7 nitrogen and oxygen atoms in total. The van der Waals surface area contributed by atoms with Gasteiger partial charge in [-0.3, -0.25) is 9.78 Å². The molecule has 5 N–H and O–H groups in total. The van der Waals surface area contributed by atoms with Gasteiger partial charge in [-0.1, -0.05) is 6.92 Å². The van der Waals surface area contributed by atoms with E-state index in [-0.39, 0.29) is 5.69 Å². The molecule has 1 saturated carbocycles. The number of hydrogen-bond donors (Lipinski definition) is 3. The van der Waals surface area contributed by atoms with Crippen LogP contribution in [0.25, 0.3) is 0 Å². The molecule has 3 rings (SSSR count). The minimum atomic E-state index is -0.585. The van der Waals surface area contributed by atoms with E-state index in [1.807, 2.05) is 19.1 Å². The van der Waals surface area contributed by atoms with Gasteiger partial charge in [0.2, 0.25) is 0 Å². The Morgan fingerprint density at radius 3 is 2.79 bits per heavy atom. The first-order valence-electron chi connectivity index (χ1n) is 8.25. The molecule has 1 aliphatic carbocycles. The van der Waals surface area contributed by atoms with Crippen molar-refractivity contribution >= 4 is 17.4 Å². The molecule has 0 unspecified atom stereocenters. The molecule has 0 saturated heterocycles. The Bertz CT molecular complexity index is 757. The molecule has 1 amide bonds. The average molecular weight is 326 g/mol. The Balaban J connectivity index is 1.98. The number of nitrogens with zero attached hydrogens (tertiary/aromatic N) is 3. The van der Waals surface area contributed by atoms with Crippen LogP contribution < -0.4 is 16.8 Å². The summed E-state index contributed by atoms with van der Waals surface area (Å²) in [6.07, 6.45) is 5.36. The normalized spacial score (nSPS) is 13.8. The molecule has 1 aliphatic rings. The SMILES string of the molecule is CCc1nc(C(N)=O)c(Nc2ccnc(CCN)c2)nc1C1CC1. The number of rotatable bonds is 7. The highest BCUT2D eigenvalue weighted by Gasteiger charge is 2.30. The number of nitrogens with one attached hydrogen (secondary N) is 1. The zero-order valence-corrected chi connectivity index (χ0v) is 13.7. The molecule has 0 aromatic carbocycles. The molecule has 2 aromatic heterocycles. The summed E-state index contributed by atoms with van der Waals surface area (Å²) in [6.45, 7) is 2.54. The van der Waals surface area contributed by atoms with E-state index in [0.29, 0.717) is 24.7 Å². The van der Waals surface area contributed by atoms with E-state index in [4.69, 9.17) is 11.5 Å². The summed E-state index contributed by atoms with van der Waals surface area (Å²) < 4.78 is 0. The number of aromatic nitrogens is 3. The smallest absolute Gasteiger partial charge is 0.271 e. The fourth-order valence-corrected chi connectivity index (χ4v) is 2.66. The van der Waals surface area contributed by atoms with Crippen molar-refractivity contribution in [3.05, 3.63) is 41.1 Å². The molecule has 126 valence electrons. The summed E-state index contributed by atoms with van der Waals surface area (Å²) in [5.41, 5.74) is 14.7. The molecule has 0 bridgehead atoms. The van der Waals surface area contributed by atoms with Crippen LogP contribution in [0.4, 0.5) is 11.5 Å². The van der Waals surface area contributed by atoms with Crippen molar-refractivity contribution in [2.24, 2.45) is 11.5 Å². The van der Waals surface area contributed by atoms with Gasteiger partial charge in [0.25, 0.3) is 5.91 Å². The molecule has 0 spiro atoms. The van der Waals surface area contributed by atoms with Crippen LogP contribution in [0.2, 0.25) is 0 Å². The lowest BCUT2D eigenvalue weighted by molar-refractivity contribution is 0.0996. The second kappa shape index (κ2) is 6.92. The van der Waals surface area contributed by atoms with Crippen molar-refractivity contribution in [3.8, 4) is 0 Å². The molecule has 2 aromatic rings. The van der Waals surface area contributed by atoms with Gasteiger partial charge in [-0.2, -0.15) is 0 Å². The van der Waals surface area contributed by atoms with Crippen LogP contribution in [-0.2, 0) is 12.8 Å². The number of pyridine rings is 1. The van der Waals surface area contributed by atoms with Gasteiger partial charge in [-0.15, -0.1) is 0 Å². The quantitative estimate of drug-likeness (QED) is 0.711. The van der Waals surface area contributed by atoms with E-state index in [0.717, 1.165) is 42.0 Å². The van der Waals surface area contributed by atoms with Gasteiger partial charge in [0.1, 0.15) is 0 Å². The van der Waals surface area contributed by atoms with E-state index in [1.165, 1.54) is 0 Å². The fourth-order valence-electron chi connectivity index (χ4n) is 2.66. The lowest BCUT2D eigenvalue weighted by Gasteiger charge is -2.14. The number of carbonyl (C=O) groups is 1. The molecule has 2 heterocycles. The van der Waals surface area contributed by atoms with Gasteiger partial charge < -0.3 is 16.8 Å². The minimum Gasteiger partial charge on any atom is -0.364 e. The Kier molecular flexibility index (Phi) is 4.71.